The fraction of sp³-hybridized carbons (Fsp3) is 1.00. The molecular weight excluding hydrogens is 268 g/mol. The van der Waals surface area contributed by atoms with E-state index in [-0.39, 0.29) is 17.1 Å². The fourth-order valence-electron chi connectivity index (χ4n) is 3.10. The van der Waals surface area contributed by atoms with Crippen molar-refractivity contribution in [3.8, 4) is 0 Å². The van der Waals surface area contributed by atoms with E-state index in [0.717, 1.165) is 52.3 Å². The fourth-order valence-corrected chi connectivity index (χ4v) is 3.10. The zero-order valence-electron chi connectivity index (χ0n) is 14.5. The van der Waals surface area contributed by atoms with Crippen molar-refractivity contribution >= 4 is 0 Å². The summed E-state index contributed by atoms with van der Waals surface area (Å²) in [5.41, 5.74) is 6.51. The van der Waals surface area contributed by atoms with Crippen molar-refractivity contribution in [3.63, 3.8) is 0 Å². The molecule has 126 valence electrons. The van der Waals surface area contributed by atoms with Crippen LogP contribution in [0.25, 0.3) is 0 Å². The first-order valence-electron chi connectivity index (χ1n) is 8.02. The number of hydrogen-bond donors (Lipinski definition) is 1. The Labute approximate surface area is 130 Å². The first-order valence-corrected chi connectivity index (χ1v) is 8.02. The third-order valence-corrected chi connectivity index (χ3v) is 4.95. The minimum Gasteiger partial charge on any atom is -0.385 e. The molecule has 0 aliphatic heterocycles. The predicted octanol–water partition coefficient (Wildman–Crippen LogP) is 1.50. The lowest BCUT2D eigenvalue weighted by molar-refractivity contribution is -0.157. The van der Waals surface area contributed by atoms with Crippen molar-refractivity contribution in [2.24, 2.45) is 11.1 Å². The Morgan fingerprint density at radius 3 is 2.33 bits per heavy atom. The molecule has 1 fully saturated rings. The Balaban J connectivity index is 2.56. The highest BCUT2D eigenvalue weighted by Gasteiger charge is 2.58. The molecule has 5 heteroatoms. The molecule has 1 aliphatic rings. The van der Waals surface area contributed by atoms with Crippen LogP contribution in [0.1, 0.15) is 33.6 Å². The van der Waals surface area contributed by atoms with Gasteiger partial charge in [0.2, 0.25) is 0 Å². The molecule has 21 heavy (non-hydrogen) atoms. The lowest BCUT2D eigenvalue weighted by Crippen LogP contribution is -2.73. The number of hydrogen-bond acceptors (Lipinski definition) is 5. The van der Waals surface area contributed by atoms with Crippen LogP contribution in [0, 0.1) is 5.41 Å². The highest BCUT2D eigenvalue weighted by molar-refractivity contribution is 5.14. The summed E-state index contributed by atoms with van der Waals surface area (Å²) in [7, 11) is 3.48. The van der Waals surface area contributed by atoms with E-state index in [1.807, 2.05) is 6.92 Å². The van der Waals surface area contributed by atoms with Crippen molar-refractivity contribution < 1.29 is 14.2 Å². The van der Waals surface area contributed by atoms with Crippen LogP contribution in [0.15, 0.2) is 0 Å². The zero-order chi connectivity index (χ0) is 15.9. The summed E-state index contributed by atoms with van der Waals surface area (Å²) >= 11 is 0. The first kappa shape index (κ1) is 18.8. The molecule has 0 spiro atoms. The second-order valence-corrected chi connectivity index (χ2v) is 6.64. The molecule has 2 unspecified atom stereocenters. The van der Waals surface area contributed by atoms with Crippen LogP contribution in [0.5, 0.6) is 0 Å². The molecule has 5 nitrogen and oxygen atoms in total. The van der Waals surface area contributed by atoms with Gasteiger partial charge in [-0.25, -0.2) is 0 Å². The summed E-state index contributed by atoms with van der Waals surface area (Å²) < 4.78 is 16.2. The number of nitrogens with zero attached hydrogens (tertiary/aromatic N) is 1. The summed E-state index contributed by atoms with van der Waals surface area (Å²) in [5, 5.41) is 0. The van der Waals surface area contributed by atoms with Gasteiger partial charge < -0.3 is 19.9 Å². The van der Waals surface area contributed by atoms with Gasteiger partial charge in [-0.3, -0.25) is 4.90 Å². The van der Waals surface area contributed by atoms with Gasteiger partial charge in [-0.05, 0) is 19.8 Å². The molecule has 0 aromatic rings. The van der Waals surface area contributed by atoms with Crippen LogP contribution < -0.4 is 5.73 Å². The Morgan fingerprint density at radius 2 is 1.81 bits per heavy atom. The van der Waals surface area contributed by atoms with Crippen molar-refractivity contribution in [2.45, 2.75) is 45.3 Å². The predicted molar refractivity (Wildman–Crippen MR) is 85.5 cm³/mol. The number of rotatable bonds is 11. The van der Waals surface area contributed by atoms with Gasteiger partial charge in [0.15, 0.2) is 0 Å². The number of methoxy groups -OCH3 is 2. The third kappa shape index (κ3) is 4.63. The molecule has 0 radical (unpaired) electrons. The smallest absolute Gasteiger partial charge is 0.0662 e. The maximum Gasteiger partial charge on any atom is 0.0662 e. The topological polar surface area (TPSA) is 57.0 Å². The van der Waals surface area contributed by atoms with Crippen molar-refractivity contribution in [1.29, 1.82) is 0 Å². The minimum atomic E-state index is -0.187. The maximum absolute atomic E-state index is 6.68. The summed E-state index contributed by atoms with van der Waals surface area (Å²) in [6.45, 7) is 11.6. The number of nitrogens with two attached hydrogens (primary N) is 1. The van der Waals surface area contributed by atoms with E-state index < -0.39 is 0 Å². The Hall–Kier alpha value is -0.200. The van der Waals surface area contributed by atoms with E-state index in [2.05, 4.69) is 18.7 Å². The van der Waals surface area contributed by atoms with Gasteiger partial charge in [-0.15, -0.1) is 0 Å². The van der Waals surface area contributed by atoms with E-state index >= 15 is 0 Å². The third-order valence-electron chi connectivity index (χ3n) is 4.95. The van der Waals surface area contributed by atoms with Gasteiger partial charge in [0.1, 0.15) is 0 Å². The quantitative estimate of drug-likeness (QED) is 0.586. The Morgan fingerprint density at radius 1 is 1.14 bits per heavy atom. The molecular formula is C16H34N2O3. The zero-order valence-corrected chi connectivity index (χ0v) is 14.5. The average molecular weight is 302 g/mol. The van der Waals surface area contributed by atoms with Crippen molar-refractivity contribution in [2.75, 3.05) is 53.7 Å². The molecule has 1 aliphatic carbocycles. The van der Waals surface area contributed by atoms with Crippen molar-refractivity contribution in [3.05, 3.63) is 0 Å². The summed E-state index contributed by atoms with van der Waals surface area (Å²) in [6, 6.07) is 0. The van der Waals surface area contributed by atoms with Gasteiger partial charge in [0, 0.05) is 58.0 Å². The summed E-state index contributed by atoms with van der Waals surface area (Å²) in [6.07, 6.45) is 2.23. The van der Waals surface area contributed by atoms with E-state index in [4.69, 9.17) is 19.9 Å². The molecule has 2 atom stereocenters. The minimum absolute atomic E-state index is 0.00951. The van der Waals surface area contributed by atoms with E-state index in [1.54, 1.807) is 14.2 Å². The molecule has 0 aromatic heterocycles. The van der Waals surface area contributed by atoms with Crippen LogP contribution >= 0.6 is 0 Å². The molecule has 0 heterocycles. The Bertz CT molecular complexity index is 299. The molecule has 1 rings (SSSR count). The largest absolute Gasteiger partial charge is 0.385 e. The van der Waals surface area contributed by atoms with Gasteiger partial charge in [0.05, 0.1) is 12.7 Å². The normalized spacial score (nSPS) is 27.9. The second kappa shape index (κ2) is 8.44. The SMILES string of the molecule is CCOC1CC(N)(CN(CCCOC)CCOC)C1(C)C. The van der Waals surface area contributed by atoms with Crippen molar-refractivity contribution in [1.82, 2.24) is 4.90 Å². The highest BCUT2D eigenvalue weighted by atomic mass is 16.5. The van der Waals surface area contributed by atoms with Crippen LogP contribution in [0.4, 0.5) is 0 Å². The summed E-state index contributed by atoms with van der Waals surface area (Å²) in [5.74, 6) is 0. The van der Waals surface area contributed by atoms with E-state index in [1.165, 1.54) is 0 Å². The molecule has 0 bridgehead atoms. The highest BCUT2D eigenvalue weighted by Crippen LogP contribution is 2.50. The van der Waals surface area contributed by atoms with E-state index in [0.29, 0.717) is 0 Å². The van der Waals surface area contributed by atoms with Gasteiger partial charge in [-0.1, -0.05) is 13.8 Å². The van der Waals surface area contributed by atoms with Gasteiger partial charge in [0.25, 0.3) is 0 Å². The van der Waals surface area contributed by atoms with E-state index in [9.17, 15) is 0 Å². The Kier molecular flexibility index (Phi) is 7.57. The van der Waals surface area contributed by atoms with Gasteiger partial charge in [-0.2, -0.15) is 0 Å². The van der Waals surface area contributed by atoms with Crippen LogP contribution in [0.3, 0.4) is 0 Å². The first-order chi connectivity index (χ1) is 9.91. The van der Waals surface area contributed by atoms with Crippen LogP contribution in [0.2, 0.25) is 0 Å². The van der Waals surface area contributed by atoms with Crippen LogP contribution in [-0.2, 0) is 14.2 Å². The average Bonchev–Trinajstić information content (AvgIpc) is 2.44. The molecule has 2 N–H and O–H groups in total. The van der Waals surface area contributed by atoms with Gasteiger partial charge >= 0.3 is 0 Å². The molecule has 0 amide bonds. The lowest BCUT2D eigenvalue weighted by Gasteiger charge is -2.60. The second-order valence-electron chi connectivity index (χ2n) is 6.64. The molecule has 1 saturated carbocycles. The van der Waals surface area contributed by atoms with Crippen LogP contribution in [-0.4, -0.2) is 70.2 Å². The summed E-state index contributed by atoms with van der Waals surface area (Å²) in [4.78, 5) is 2.40. The number of ether oxygens (including phenoxy) is 3. The molecule has 0 aromatic carbocycles. The molecule has 0 saturated heterocycles. The maximum atomic E-state index is 6.68. The monoisotopic (exact) mass is 302 g/mol. The standard InChI is InChI=1S/C16H34N2O3/c1-6-21-14-12-16(17,15(14,2)3)13-18(9-11-20-5)8-7-10-19-4/h14H,6-13,17H2,1-5H3. The lowest BCUT2D eigenvalue weighted by atomic mass is 9.54.